The summed E-state index contributed by atoms with van der Waals surface area (Å²) in [6, 6.07) is 0. The first-order chi connectivity index (χ1) is 10.7. The number of rotatable bonds is 4. The van der Waals surface area contributed by atoms with Crippen molar-refractivity contribution in [3.05, 3.63) is 24.5 Å². The van der Waals surface area contributed by atoms with Crippen LogP contribution in [0.15, 0.2) is 24.5 Å². The lowest BCUT2D eigenvalue weighted by Crippen LogP contribution is -2.55. The first-order valence-electron chi connectivity index (χ1n) is 8.17. The summed E-state index contributed by atoms with van der Waals surface area (Å²) in [5, 5.41) is 0. The summed E-state index contributed by atoms with van der Waals surface area (Å²) in [4.78, 5) is 11.4. The Kier molecular flexibility index (Phi) is 3.97. The largest absolute Gasteiger partial charge is 0.493 e. The molecule has 3 saturated carbocycles. The van der Waals surface area contributed by atoms with Gasteiger partial charge < -0.3 is 14.2 Å². The Morgan fingerprint density at radius 1 is 1.32 bits per heavy atom. The second-order valence-corrected chi connectivity index (χ2v) is 8.05. The third-order valence-electron chi connectivity index (χ3n) is 5.70. The van der Waals surface area contributed by atoms with E-state index in [0.29, 0.717) is 40.3 Å². The van der Waals surface area contributed by atoms with Crippen molar-refractivity contribution in [2.45, 2.75) is 42.0 Å². The van der Waals surface area contributed by atoms with Gasteiger partial charge in [-0.3, -0.25) is 0 Å². The Morgan fingerprint density at radius 2 is 2.14 bits per heavy atom. The van der Waals surface area contributed by atoms with Crippen molar-refractivity contribution in [1.82, 2.24) is 0 Å². The minimum Gasteiger partial charge on any atom is -0.493 e. The van der Waals surface area contributed by atoms with Crippen LogP contribution in [0.2, 0.25) is 0 Å². The predicted octanol–water partition coefficient (Wildman–Crippen LogP) is 2.86. The van der Waals surface area contributed by atoms with E-state index in [4.69, 9.17) is 14.2 Å². The van der Waals surface area contributed by atoms with Crippen LogP contribution in [0.3, 0.4) is 0 Å². The molecule has 1 aliphatic heterocycles. The van der Waals surface area contributed by atoms with Gasteiger partial charge in [0.2, 0.25) is 0 Å². The first-order valence-corrected chi connectivity index (χ1v) is 9.42. The fourth-order valence-corrected chi connectivity index (χ4v) is 6.52. The molecule has 7 unspecified atom stereocenters. The molecule has 5 rings (SSSR count). The zero-order chi connectivity index (χ0) is 15.3. The summed E-state index contributed by atoms with van der Waals surface area (Å²) in [7, 11) is 0. The highest BCUT2D eigenvalue weighted by molar-refractivity contribution is 14.1. The molecule has 0 N–H and O–H groups in total. The molecule has 1 heterocycles. The van der Waals surface area contributed by atoms with Crippen LogP contribution in [0, 0.1) is 23.7 Å². The summed E-state index contributed by atoms with van der Waals surface area (Å²) in [5.41, 5.74) is 0. The van der Waals surface area contributed by atoms with E-state index >= 15 is 0 Å². The Labute approximate surface area is 144 Å². The normalized spacial score (nSPS) is 47.9. The molecule has 120 valence electrons. The summed E-state index contributed by atoms with van der Waals surface area (Å²) < 4.78 is 17.7. The summed E-state index contributed by atoms with van der Waals surface area (Å²) >= 11 is 2.58. The first kappa shape index (κ1) is 15.0. The Morgan fingerprint density at radius 3 is 2.95 bits per heavy atom. The standard InChI is InChI=1S/C17H21IO4/c1-2-20-13(19)7-8-21-11-5-6-12-15-10-4-3-9(14(11)15)16(18)17(10)22-12/h5-12,14-17H,2-4H2,1H3/b8-7+/t9?,10?,11-,12?,14?,15?,16?,17?/m0/s1. The minimum atomic E-state index is -0.346. The quantitative estimate of drug-likeness (QED) is 0.177. The lowest BCUT2D eigenvalue weighted by atomic mass is 9.55. The minimum absolute atomic E-state index is 0.0552. The van der Waals surface area contributed by atoms with Crippen molar-refractivity contribution >= 4 is 28.6 Å². The van der Waals surface area contributed by atoms with Crippen molar-refractivity contribution in [2.24, 2.45) is 23.7 Å². The molecule has 4 bridgehead atoms. The van der Waals surface area contributed by atoms with Gasteiger partial charge in [-0.05, 0) is 37.7 Å². The zero-order valence-electron chi connectivity index (χ0n) is 12.6. The van der Waals surface area contributed by atoms with Crippen LogP contribution in [-0.4, -0.2) is 34.8 Å². The highest BCUT2D eigenvalue weighted by Gasteiger charge is 2.63. The van der Waals surface area contributed by atoms with Crippen LogP contribution in [0.5, 0.6) is 0 Å². The van der Waals surface area contributed by atoms with Gasteiger partial charge in [0.15, 0.2) is 0 Å². The molecule has 0 aromatic carbocycles. The van der Waals surface area contributed by atoms with Crippen molar-refractivity contribution in [3.63, 3.8) is 0 Å². The van der Waals surface area contributed by atoms with E-state index in [1.54, 1.807) is 6.92 Å². The van der Waals surface area contributed by atoms with Crippen LogP contribution >= 0.6 is 22.6 Å². The average Bonchev–Trinajstić information content (AvgIpc) is 2.87. The molecule has 5 heteroatoms. The van der Waals surface area contributed by atoms with E-state index in [9.17, 15) is 4.79 Å². The Hall–Kier alpha value is -0.560. The smallest absolute Gasteiger partial charge is 0.333 e. The van der Waals surface area contributed by atoms with E-state index in [1.807, 2.05) is 0 Å². The van der Waals surface area contributed by atoms with Crippen LogP contribution in [0.1, 0.15) is 19.8 Å². The molecular weight excluding hydrogens is 395 g/mol. The van der Waals surface area contributed by atoms with Gasteiger partial charge in [0, 0.05) is 15.8 Å². The number of carbonyl (C=O) groups excluding carboxylic acids is 1. The average molecular weight is 416 g/mol. The second-order valence-electron chi connectivity index (χ2n) is 6.61. The van der Waals surface area contributed by atoms with E-state index in [1.165, 1.54) is 25.2 Å². The predicted molar refractivity (Wildman–Crippen MR) is 89.4 cm³/mol. The maximum absolute atomic E-state index is 11.4. The number of ether oxygens (including phenoxy) is 3. The van der Waals surface area contributed by atoms with Crippen molar-refractivity contribution in [3.8, 4) is 0 Å². The molecule has 0 spiro atoms. The number of hydrogen-bond acceptors (Lipinski definition) is 4. The van der Waals surface area contributed by atoms with Crippen molar-refractivity contribution in [1.29, 1.82) is 0 Å². The third kappa shape index (κ3) is 2.23. The lowest BCUT2D eigenvalue weighted by Gasteiger charge is -2.52. The fraction of sp³-hybridized carbons (Fsp3) is 0.706. The van der Waals surface area contributed by atoms with Gasteiger partial charge in [0.1, 0.15) is 6.10 Å². The van der Waals surface area contributed by atoms with Crippen LogP contribution < -0.4 is 0 Å². The second kappa shape index (κ2) is 5.82. The molecular formula is C17H21IO4. The van der Waals surface area contributed by atoms with Gasteiger partial charge in [-0.15, -0.1) is 0 Å². The fourth-order valence-electron chi connectivity index (χ4n) is 4.98. The van der Waals surface area contributed by atoms with E-state index in [0.717, 1.165) is 0 Å². The highest BCUT2D eigenvalue weighted by Crippen LogP contribution is 2.61. The molecule has 22 heavy (non-hydrogen) atoms. The van der Waals surface area contributed by atoms with Gasteiger partial charge in [0.05, 0.1) is 31.2 Å². The molecule has 0 aromatic heterocycles. The van der Waals surface area contributed by atoms with Gasteiger partial charge in [-0.25, -0.2) is 4.79 Å². The molecule has 0 aromatic rings. The summed E-state index contributed by atoms with van der Waals surface area (Å²) in [6.45, 7) is 2.18. The summed E-state index contributed by atoms with van der Waals surface area (Å²) in [6.07, 6.45) is 10.5. The number of carbonyl (C=O) groups is 1. The van der Waals surface area contributed by atoms with Crippen LogP contribution in [-0.2, 0) is 19.0 Å². The molecule has 1 saturated heterocycles. The lowest BCUT2D eigenvalue weighted by molar-refractivity contribution is -0.137. The van der Waals surface area contributed by atoms with Gasteiger partial charge in [-0.1, -0.05) is 28.7 Å². The summed E-state index contributed by atoms with van der Waals surface area (Å²) in [5.74, 6) is 2.12. The van der Waals surface area contributed by atoms with Gasteiger partial charge in [-0.2, -0.15) is 0 Å². The molecule has 0 radical (unpaired) electrons. The van der Waals surface area contributed by atoms with Crippen molar-refractivity contribution in [2.75, 3.05) is 6.61 Å². The Bertz CT molecular complexity index is 517. The maximum Gasteiger partial charge on any atom is 0.333 e. The molecule has 4 aliphatic carbocycles. The molecule has 4 nitrogen and oxygen atoms in total. The number of hydrogen-bond donors (Lipinski definition) is 0. The molecule has 5 aliphatic rings. The number of fused-ring (bicyclic) bond motifs is 1. The highest BCUT2D eigenvalue weighted by atomic mass is 127. The van der Waals surface area contributed by atoms with Crippen molar-refractivity contribution < 1.29 is 19.0 Å². The van der Waals surface area contributed by atoms with E-state index in [-0.39, 0.29) is 18.2 Å². The number of alkyl halides is 1. The monoisotopic (exact) mass is 416 g/mol. The van der Waals surface area contributed by atoms with Gasteiger partial charge >= 0.3 is 5.97 Å². The number of halogens is 1. The maximum atomic E-state index is 11.4. The topological polar surface area (TPSA) is 44.8 Å². The SMILES string of the molecule is CCOC(=O)/C=C/O[C@H]1C=CC2OC3C(I)C4CCC3C2C41. The molecule has 0 amide bonds. The molecule has 8 atom stereocenters. The van der Waals surface area contributed by atoms with Gasteiger partial charge in [0.25, 0.3) is 0 Å². The van der Waals surface area contributed by atoms with E-state index in [2.05, 4.69) is 34.7 Å². The third-order valence-corrected chi connectivity index (χ3v) is 7.33. The van der Waals surface area contributed by atoms with Crippen LogP contribution in [0.25, 0.3) is 0 Å². The van der Waals surface area contributed by atoms with Crippen LogP contribution in [0.4, 0.5) is 0 Å². The Balaban J connectivity index is 1.51. The zero-order valence-corrected chi connectivity index (χ0v) is 14.7. The van der Waals surface area contributed by atoms with E-state index < -0.39 is 0 Å². The number of esters is 1. The molecule has 4 fully saturated rings.